The van der Waals surface area contributed by atoms with Crippen LogP contribution in [0.2, 0.25) is 0 Å². The summed E-state index contributed by atoms with van der Waals surface area (Å²) in [6.07, 6.45) is 6.07. The first-order valence-corrected chi connectivity index (χ1v) is 9.99. The van der Waals surface area contributed by atoms with Gasteiger partial charge in [0.1, 0.15) is 0 Å². The largest absolute Gasteiger partial charge is 0.411 e. The van der Waals surface area contributed by atoms with E-state index in [1.807, 2.05) is 0 Å². The van der Waals surface area contributed by atoms with E-state index < -0.39 is 5.41 Å². The summed E-state index contributed by atoms with van der Waals surface area (Å²) in [5.74, 6) is 0.926. The van der Waals surface area contributed by atoms with Crippen LogP contribution in [0.1, 0.15) is 80.1 Å². The number of fused-ring (bicyclic) bond motifs is 4. The molecule has 25 heavy (non-hydrogen) atoms. The van der Waals surface area contributed by atoms with Crippen LogP contribution in [0.3, 0.4) is 0 Å². The Morgan fingerprint density at radius 1 is 1.12 bits per heavy atom. The molecule has 5 atom stereocenters. The Bertz CT molecular complexity index is 667. The molecule has 5 unspecified atom stereocenters. The maximum atomic E-state index is 13.6. The predicted octanol–water partition coefficient (Wildman–Crippen LogP) is 4.36. The van der Waals surface area contributed by atoms with Gasteiger partial charge in [0.15, 0.2) is 0 Å². The van der Waals surface area contributed by atoms with Gasteiger partial charge in [0.2, 0.25) is 5.91 Å². The summed E-state index contributed by atoms with van der Waals surface area (Å²) in [6.45, 7) is 13.7. The highest BCUT2D eigenvalue weighted by molar-refractivity contribution is 6.02. The van der Waals surface area contributed by atoms with Gasteiger partial charge in [0.05, 0.1) is 11.1 Å². The minimum Gasteiger partial charge on any atom is -0.411 e. The molecule has 4 aliphatic carbocycles. The van der Waals surface area contributed by atoms with Crippen molar-refractivity contribution in [1.82, 2.24) is 5.32 Å². The molecular weight excluding hydrogens is 312 g/mol. The lowest BCUT2D eigenvalue weighted by atomic mass is 9.64. The van der Waals surface area contributed by atoms with Gasteiger partial charge < -0.3 is 10.5 Å². The fourth-order valence-electron chi connectivity index (χ4n) is 7.25. The average molecular weight is 347 g/mol. The second kappa shape index (κ2) is 4.61. The highest BCUT2D eigenvalue weighted by Gasteiger charge is 2.72. The number of carbonyl (C=O) groups excluding carboxylic acids is 1. The third-order valence-electron chi connectivity index (χ3n) is 10.4. The summed E-state index contributed by atoms with van der Waals surface area (Å²) < 4.78 is 0. The van der Waals surface area contributed by atoms with Gasteiger partial charge in [-0.15, -0.1) is 0 Å². The molecule has 4 bridgehead atoms. The number of hydrogen-bond acceptors (Lipinski definition) is 3. The van der Waals surface area contributed by atoms with E-state index in [-0.39, 0.29) is 28.2 Å². The third-order valence-corrected chi connectivity index (χ3v) is 10.4. The number of carbonyl (C=O) groups is 1. The van der Waals surface area contributed by atoms with E-state index in [1.165, 1.54) is 12.8 Å². The van der Waals surface area contributed by atoms with Gasteiger partial charge in [-0.3, -0.25) is 4.79 Å². The molecule has 0 aromatic heterocycles. The number of amides is 1. The second-order valence-electron chi connectivity index (χ2n) is 10.9. The zero-order chi connectivity index (χ0) is 18.5. The smallest absolute Gasteiger partial charge is 0.227 e. The molecular formula is C21H34N2O2. The van der Waals surface area contributed by atoms with Crippen molar-refractivity contribution in [2.75, 3.05) is 0 Å². The third kappa shape index (κ3) is 1.66. The van der Waals surface area contributed by atoms with Gasteiger partial charge in [-0.25, -0.2) is 0 Å². The molecule has 4 heteroatoms. The van der Waals surface area contributed by atoms with Crippen molar-refractivity contribution < 1.29 is 10.0 Å². The molecule has 0 spiro atoms. The molecule has 0 heterocycles. The van der Waals surface area contributed by atoms with E-state index in [9.17, 15) is 10.0 Å². The van der Waals surface area contributed by atoms with Gasteiger partial charge in [0.25, 0.3) is 0 Å². The van der Waals surface area contributed by atoms with Crippen LogP contribution in [0.25, 0.3) is 0 Å². The summed E-state index contributed by atoms with van der Waals surface area (Å²) in [5, 5.41) is 16.6. The summed E-state index contributed by atoms with van der Waals surface area (Å²) in [4.78, 5) is 13.6. The Labute approximate surface area is 151 Å². The number of rotatable bonds is 2. The van der Waals surface area contributed by atoms with Gasteiger partial charge in [-0.05, 0) is 54.3 Å². The first kappa shape index (κ1) is 17.4. The van der Waals surface area contributed by atoms with Crippen molar-refractivity contribution in [3.05, 3.63) is 0 Å². The normalized spacial score (nSPS) is 50.6. The molecule has 0 radical (unpaired) electrons. The van der Waals surface area contributed by atoms with Crippen molar-refractivity contribution in [1.29, 1.82) is 0 Å². The van der Waals surface area contributed by atoms with Gasteiger partial charge in [-0.2, -0.15) is 0 Å². The van der Waals surface area contributed by atoms with E-state index in [2.05, 4.69) is 52.0 Å². The predicted molar refractivity (Wildman–Crippen MR) is 98.6 cm³/mol. The lowest BCUT2D eigenvalue weighted by molar-refractivity contribution is -0.137. The van der Waals surface area contributed by atoms with Crippen LogP contribution in [-0.2, 0) is 4.79 Å². The van der Waals surface area contributed by atoms with Crippen LogP contribution in [0, 0.1) is 33.0 Å². The molecule has 1 amide bonds. The summed E-state index contributed by atoms with van der Waals surface area (Å²) in [7, 11) is 0. The van der Waals surface area contributed by atoms with E-state index in [0.717, 1.165) is 30.9 Å². The topological polar surface area (TPSA) is 61.7 Å². The highest BCUT2D eigenvalue weighted by Crippen LogP contribution is 2.71. The molecule has 140 valence electrons. The monoisotopic (exact) mass is 346 g/mol. The molecule has 0 aromatic carbocycles. The quantitative estimate of drug-likeness (QED) is 0.576. The van der Waals surface area contributed by atoms with Crippen LogP contribution in [-0.4, -0.2) is 22.9 Å². The Balaban J connectivity index is 1.63. The van der Waals surface area contributed by atoms with Gasteiger partial charge >= 0.3 is 0 Å². The lowest BCUT2D eigenvalue weighted by Gasteiger charge is -2.43. The zero-order valence-electron chi connectivity index (χ0n) is 16.7. The van der Waals surface area contributed by atoms with E-state index in [1.54, 1.807) is 0 Å². The first-order valence-electron chi connectivity index (χ1n) is 9.99. The number of nitrogens with one attached hydrogen (secondary N) is 1. The standard InChI is InChI=1S/C21H34N2O2/c1-17(2)13-7-8-19(17,5)14(11-13)22-16(24)21-10-9-20(6,18(21,3)4)15(12-21)23-25/h13-14,25H,7-12H2,1-6H3,(H,22,24)/b23-15+. The summed E-state index contributed by atoms with van der Waals surface area (Å²) in [6, 6.07) is 0.279. The highest BCUT2D eigenvalue weighted by atomic mass is 16.4. The fraction of sp³-hybridized carbons (Fsp3) is 0.905. The van der Waals surface area contributed by atoms with Crippen LogP contribution in [0.5, 0.6) is 0 Å². The molecule has 4 nitrogen and oxygen atoms in total. The second-order valence-corrected chi connectivity index (χ2v) is 10.9. The van der Waals surface area contributed by atoms with E-state index >= 15 is 0 Å². The molecule has 0 saturated heterocycles. The van der Waals surface area contributed by atoms with Crippen molar-refractivity contribution in [3.8, 4) is 0 Å². The van der Waals surface area contributed by atoms with Crippen LogP contribution in [0.15, 0.2) is 5.16 Å². The Hall–Kier alpha value is -1.06. The lowest BCUT2D eigenvalue weighted by Crippen LogP contribution is -2.54. The molecule has 4 fully saturated rings. The number of nitrogens with zero attached hydrogens (tertiary/aromatic N) is 1. The zero-order valence-corrected chi connectivity index (χ0v) is 16.7. The van der Waals surface area contributed by atoms with Crippen LogP contribution in [0.4, 0.5) is 0 Å². The Kier molecular flexibility index (Phi) is 3.20. The minimum absolute atomic E-state index is 0.170. The minimum atomic E-state index is -0.425. The Morgan fingerprint density at radius 3 is 2.28 bits per heavy atom. The Morgan fingerprint density at radius 2 is 1.80 bits per heavy atom. The molecule has 4 aliphatic rings. The molecule has 0 aromatic rings. The maximum absolute atomic E-state index is 13.6. The molecule has 4 saturated carbocycles. The van der Waals surface area contributed by atoms with Crippen molar-refractivity contribution in [2.45, 2.75) is 86.1 Å². The van der Waals surface area contributed by atoms with Gasteiger partial charge in [-0.1, -0.05) is 46.7 Å². The van der Waals surface area contributed by atoms with Crippen LogP contribution >= 0.6 is 0 Å². The van der Waals surface area contributed by atoms with E-state index in [4.69, 9.17) is 0 Å². The van der Waals surface area contributed by atoms with Crippen LogP contribution < -0.4 is 5.32 Å². The number of hydrogen-bond donors (Lipinski definition) is 2. The molecule has 2 N–H and O–H groups in total. The van der Waals surface area contributed by atoms with Gasteiger partial charge in [0, 0.05) is 17.9 Å². The molecule has 0 aliphatic heterocycles. The maximum Gasteiger partial charge on any atom is 0.227 e. The van der Waals surface area contributed by atoms with E-state index in [0.29, 0.717) is 11.8 Å². The summed E-state index contributed by atoms with van der Waals surface area (Å²) >= 11 is 0. The fourth-order valence-corrected chi connectivity index (χ4v) is 7.25. The van der Waals surface area contributed by atoms with Crippen molar-refractivity contribution in [2.24, 2.45) is 38.1 Å². The number of oxime groups is 1. The molecule has 4 rings (SSSR count). The van der Waals surface area contributed by atoms with Crippen molar-refractivity contribution >= 4 is 11.6 Å². The summed E-state index contributed by atoms with van der Waals surface area (Å²) in [5.41, 5.74) is 0.541. The first-order chi connectivity index (χ1) is 11.5. The SMILES string of the molecule is CC12CCC(C(=O)NC3CC4CCC3(C)C4(C)C)(C/C1=N\O)C2(C)C. The average Bonchev–Trinajstić information content (AvgIpc) is 3.04. The van der Waals surface area contributed by atoms with Crippen molar-refractivity contribution in [3.63, 3.8) is 0 Å².